The van der Waals surface area contributed by atoms with Gasteiger partial charge in [-0.2, -0.15) is 4.73 Å². The number of para-hydroxylation sites is 2. The van der Waals surface area contributed by atoms with Gasteiger partial charge in [0.05, 0.1) is 5.52 Å². The standard InChI is InChI=1S/C22H20N2O/c1-16-12-17(2)14-18(13-16)15-25-24-21-11-7-6-10-20(21)23-22(24)19-8-4-3-5-9-19/h3-14H,15H2,1-2H3. The van der Waals surface area contributed by atoms with E-state index in [2.05, 4.69) is 44.2 Å². The predicted octanol–water partition coefficient (Wildman–Crippen LogP) is 4.95. The molecule has 0 aliphatic heterocycles. The normalized spacial score (nSPS) is 11.0. The highest BCUT2D eigenvalue weighted by atomic mass is 16.7. The number of aryl methyl sites for hydroxylation is 2. The largest absolute Gasteiger partial charge is 0.407 e. The van der Waals surface area contributed by atoms with Crippen molar-refractivity contribution in [3.8, 4) is 11.4 Å². The second-order valence-corrected chi connectivity index (χ2v) is 6.35. The zero-order chi connectivity index (χ0) is 17.2. The quantitative estimate of drug-likeness (QED) is 0.530. The SMILES string of the molecule is Cc1cc(C)cc(COn2c(-c3ccccc3)nc3ccccc32)c1. The van der Waals surface area contributed by atoms with Crippen LogP contribution in [0.15, 0.2) is 72.8 Å². The lowest BCUT2D eigenvalue weighted by Gasteiger charge is -2.12. The Labute approximate surface area is 147 Å². The average molecular weight is 328 g/mol. The van der Waals surface area contributed by atoms with Gasteiger partial charge in [-0.25, -0.2) is 4.98 Å². The number of rotatable bonds is 4. The van der Waals surface area contributed by atoms with Gasteiger partial charge in [-0.1, -0.05) is 71.8 Å². The van der Waals surface area contributed by atoms with Crippen molar-refractivity contribution in [1.29, 1.82) is 0 Å². The monoisotopic (exact) mass is 328 g/mol. The molecule has 0 fully saturated rings. The van der Waals surface area contributed by atoms with Gasteiger partial charge in [-0.3, -0.25) is 0 Å². The number of aromatic nitrogens is 2. The molecule has 0 aliphatic rings. The van der Waals surface area contributed by atoms with E-state index < -0.39 is 0 Å². The second kappa shape index (κ2) is 6.44. The zero-order valence-corrected chi connectivity index (χ0v) is 14.4. The molecule has 0 atom stereocenters. The van der Waals surface area contributed by atoms with Crippen LogP contribution >= 0.6 is 0 Å². The molecular formula is C22H20N2O. The summed E-state index contributed by atoms with van der Waals surface area (Å²) in [5, 5.41) is 0. The van der Waals surface area contributed by atoms with Gasteiger partial charge in [0.2, 0.25) is 0 Å². The molecule has 3 heteroatoms. The van der Waals surface area contributed by atoms with Crippen LogP contribution in [0.5, 0.6) is 0 Å². The Morgan fingerprint density at radius 1 is 0.840 bits per heavy atom. The van der Waals surface area contributed by atoms with Crippen molar-refractivity contribution in [3.63, 3.8) is 0 Å². The first-order valence-electron chi connectivity index (χ1n) is 8.44. The fourth-order valence-electron chi connectivity index (χ4n) is 3.20. The number of benzene rings is 3. The third-order valence-corrected chi connectivity index (χ3v) is 4.19. The van der Waals surface area contributed by atoms with E-state index in [9.17, 15) is 0 Å². The lowest BCUT2D eigenvalue weighted by Crippen LogP contribution is -2.12. The van der Waals surface area contributed by atoms with E-state index in [1.54, 1.807) is 0 Å². The summed E-state index contributed by atoms with van der Waals surface area (Å²) in [6.07, 6.45) is 0. The van der Waals surface area contributed by atoms with Crippen LogP contribution in [0.25, 0.3) is 22.4 Å². The Hall–Kier alpha value is -3.07. The molecule has 0 radical (unpaired) electrons. The van der Waals surface area contributed by atoms with E-state index in [1.165, 1.54) is 11.1 Å². The Morgan fingerprint density at radius 3 is 2.28 bits per heavy atom. The summed E-state index contributed by atoms with van der Waals surface area (Å²) in [5.41, 5.74) is 6.61. The Morgan fingerprint density at radius 2 is 1.52 bits per heavy atom. The highest BCUT2D eigenvalue weighted by Gasteiger charge is 2.13. The summed E-state index contributed by atoms with van der Waals surface area (Å²) < 4.78 is 1.85. The van der Waals surface area contributed by atoms with Crippen LogP contribution in [0, 0.1) is 13.8 Å². The first-order valence-corrected chi connectivity index (χ1v) is 8.44. The summed E-state index contributed by atoms with van der Waals surface area (Å²) in [6, 6.07) is 24.7. The molecule has 124 valence electrons. The summed E-state index contributed by atoms with van der Waals surface area (Å²) >= 11 is 0. The molecule has 0 aliphatic carbocycles. The molecule has 25 heavy (non-hydrogen) atoms. The molecular weight excluding hydrogens is 308 g/mol. The molecule has 0 spiro atoms. The van der Waals surface area contributed by atoms with Crippen molar-refractivity contribution in [1.82, 2.24) is 9.71 Å². The Bertz CT molecular complexity index is 999. The van der Waals surface area contributed by atoms with Crippen LogP contribution in [-0.4, -0.2) is 9.71 Å². The molecule has 0 N–H and O–H groups in total. The van der Waals surface area contributed by atoms with Gasteiger partial charge in [-0.15, -0.1) is 0 Å². The fourth-order valence-corrected chi connectivity index (χ4v) is 3.20. The summed E-state index contributed by atoms with van der Waals surface area (Å²) in [7, 11) is 0. The van der Waals surface area contributed by atoms with Crippen molar-refractivity contribution in [2.45, 2.75) is 20.5 Å². The van der Waals surface area contributed by atoms with Gasteiger partial charge in [0.15, 0.2) is 5.82 Å². The van der Waals surface area contributed by atoms with Crippen molar-refractivity contribution in [2.24, 2.45) is 0 Å². The molecule has 0 saturated heterocycles. The van der Waals surface area contributed by atoms with Crippen molar-refractivity contribution in [3.05, 3.63) is 89.5 Å². The molecule has 1 heterocycles. The van der Waals surface area contributed by atoms with E-state index in [-0.39, 0.29) is 0 Å². The molecule has 0 unspecified atom stereocenters. The minimum absolute atomic E-state index is 0.503. The van der Waals surface area contributed by atoms with Gasteiger partial charge in [0.25, 0.3) is 0 Å². The van der Waals surface area contributed by atoms with E-state index in [0.29, 0.717) is 6.61 Å². The molecule has 1 aromatic heterocycles. The molecule has 0 saturated carbocycles. The smallest absolute Gasteiger partial charge is 0.176 e. The molecule has 3 aromatic carbocycles. The molecule has 4 rings (SSSR count). The second-order valence-electron chi connectivity index (χ2n) is 6.35. The number of hydrogen-bond donors (Lipinski definition) is 0. The predicted molar refractivity (Wildman–Crippen MR) is 101 cm³/mol. The van der Waals surface area contributed by atoms with E-state index in [0.717, 1.165) is 28.0 Å². The number of fused-ring (bicyclic) bond motifs is 1. The van der Waals surface area contributed by atoms with Gasteiger partial charge >= 0.3 is 0 Å². The highest BCUT2D eigenvalue weighted by molar-refractivity contribution is 5.80. The topological polar surface area (TPSA) is 27.1 Å². The fraction of sp³-hybridized carbons (Fsp3) is 0.136. The summed E-state index contributed by atoms with van der Waals surface area (Å²) in [6.45, 7) is 4.72. The van der Waals surface area contributed by atoms with Crippen LogP contribution in [0.3, 0.4) is 0 Å². The minimum Gasteiger partial charge on any atom is -0.407 e. The number of hydrogen-bond acceptors (Lipinski definition) is 2. The Kier molecular flexibility index (Phi) is 3.98. The van der Waals surface area contributed by atoms with Crippen LogP contribution in [0.4, 0.5) is 0 Å². The maximum Gasteiger partial charge on any atom is 0.176 e. The lowest BCUT2D eigenvalue weighted by molar-refractivity contribution is 0.110. The maximum absolute atomic E-state index is 6.20. The molecule has 3 nitrogen and oxygen atoms in total. The summed E-state index contributed by atoms with van der Waals surface area (Å²) in [5.74, 6) is 0.825. The van der Waals surface area contributed by atoms with Crippen molar-refractivity contribution >= 4 is 11.0 Å². The van der Waals surface area contributed by atoms with Gasteiger partial charge < -0.3 is 4.84 Å². The van der Waals surface area contributed by atoms with E-state index >= 15 is 0 Å². The van der Waals surface area contributed by atoms with E-state index in [4.69, 9.17) is 9.82 Å². The van der Waals surface area contributed by atoms with Crippen LogP contribution in [0.1, 0.15) is 16.7 Å². The van der Waals surface area contributed by atoms with Crippen LogP contribution in [0.2, 0.25) is 0 Å². The maximum atomic E-state index is 6.20. The van der Waals surface area contributed by atoms with Crippen molar-refractivity contribution < 1.29 is 4.84 Å². The number of nitrogens with zero attached hydrogens (tertiary/aromatic N) is 2. The van der Waals surface area contributed by atoms with Crippen LogP contribution < -0.4 is 4.84 Å². The average Bonchev–Trinajstić information content (AvgIpc) is 2.98. The van der Waals surface area contributed by atoms with Crippen molar-refractivity contribution in [2.75, 3.05) is 0 Å². The third kappa shape index (κ3) is 3.13. The van der Waals surface area contributed by atoms with Crippen LogP contribution in [-0.2, 0) is 6.61 Å². The lowest BCUT2D eigenvalue weighted by atomic mass is 10.1. The molecule has 4 aromatic rings. The molecule has 0 bridgehead atoms. The first-order chi connectivity index (χ1) is 12.2. The van der Waals surface area contributed by atoms with Gasteiger partial charge in [-0.05, 0) is 31.5 Å². The Balaban J connectivity index is 1.75. The number of imidazole rings is 1. The van der Waals surface area contributed by atoms with Gasteiger partial charge in [0.1, 0.15) is 12.1 Å². The first kappa shape index (κ1) is 15.5. The summed E-state index contributed by atoms with van der Waals surface area (Å²) in [4.78, 5) is 11.0. The minimum atomic E-state index is 0.503. The van der Waals surface area contributed by atoms with Gasteiger partial charge in [0, 0.05) is 5.56 Å². The van der Waals surface area contributed by atoms with E-state index in [1.807, 2.05) is 47.2 Å². The third-order valence-electron chi connectivity index (χ3n) is 4.19. The molecule has 0 amide bonds. The highest BCUT2D eigenvalue weighted by Crippen LogP contribution is 2.24. The zero-order valence-electron chi connectivity index (χ0n) is 14.4.